The molecular formula is C12H16BrN3O4. The standard InChI is InChI=1S/C12H16BrN3O4/c1-20-10(18)6-16-12(19)11(13)9(5-15-16)14-4-7-2-8(17)3-7/h5,7-8,14,17H,2-4,6H2,1H3. The summed E-state index contributed by atoms with van der Waals surface area (Å²) in [5.74, 6) is -0.120. The molecule has 0 bridgehead atoms. The molecule has 8 heteroatoms. The summed E-state index contributed by atoms with van der Waals surface area (Å²) in [4.78, 5) is 23.1. The Balaban J connectivity index is 2.02. The molecule has 1 aliphatic carbocycles. The van der Waals surface area contributed by atoms with E-state index in [0.29, 0.717) is 22.6 Å². The van der Waals surface area contributed by atoms with Crippen molar-refractivity contribution in [1.82, 2.24) is 9.78 Å². The van der Waals surface area contributed by atoms with Crippen molar-refractivity contribution in [2.24, 2.45) is 5.92 Å². The zero-order valence-corrected chi connectivity index (χ0v) is 12.6. The summed E-state index contributed by atoms with van der Waals surface area (Å²) in [6.45, 7) is 0.459. The summed E-state index contributed by atoms with van der Waals surface area (Å²) in [5, 5.41) is 16.3. The maximum absolute atomic E-state index is 12.0. The van der Waals surface area contributed by atoms with Gasteiger partial charge in [0.1, 0.15) is 11.0 Å². The Morgan fingerprint density at radius 3 is 2.95 bits per heavy atom. The molecule has 20 heavy (non-hydrogen) atoms. The maximum Gasteiger partial charge on any atom is 0.327 e. The van der Waals surface area contributed by atoms with Crippen LogP contribution in [0.1, 0.15) is 12.8 Å². The van der Waals surface area contributed by atoms with Gasteiger partial charge >= 0.3 is 5.97 Å². The van der Waals surface area contributed by atoms with Crippen molar-refractivity contribution in [2.45, 2.75) is 25.5 Å². The van der Waals surface area contributed by atoms with Crippen molar-refractivity contribution in [3.8, 4) is 0 Å². The van der Waals surface area contributed by atoms with Gasteiger partial charge in [0.25, 0.3) is 5.56 Å². The fourth-order valence-corrected chi connectivity index (χ4v) is 2.46. The van der Waals surface area contributed by atoms with Crippen LogP contribution < -0.4 is 10.9 Å². The number of aliphatic hydroxyl groups excluding tert-OH is 1. The first-order valence-electron chi connectivity index (χ1n) is 6.25. The Bertz CT molecular complexity index is 554. The zero-order valence-electron chi connectivity index (χ0n) is 11.0. The quantitative estimate of drug-likeness (QED) is 0.748. The van der Waals surface area contributed by atoms with E-state index in [1.54, 1.807) is 0 Å². The van der Waals surface area contributed by atoms with Gasteiger partial charge in [0.15, 0.2) is 0 Å². The summed E-state index contributed by atoms with van der Waals surface area (Å²) in [6, 6.07) is 0. The van der Waals surface area contributed by atoms with Crippen LogP contribution in [0.15, 0.2) is 15.5 Å². The Morgan fingerprint density at radius 2 is 2.35 bits per heavy atom. The van der Waals surface area contributed by atoms with Crippen molar-refractivity contribution >= 4 is 27.6 Å². The summed E-state index contributed by atoms with van der Waals surface area (Å²) >= 11 is 3.21. The van der Waals surface area contributed by atoms with Crippen molar-refractivity contribution in [3.63, 3.8) is 0 Å². The topological polar surface area (TPSA) is 93.5 Å². The Kier molecular flexibility index (Phi) is 4.77. The lowest BCUT2D eigenvalue weighted by molar-refractivity contribution is -0.141. The largest absolute Gasteiger partial charge is 0.468 e. The van der Waals surface area contributed by atoms with Crippen molar-refractivity contribution in [3.05, 3.63) is 21.0 Å². The van der Waals surface area contributed by atoms with Gasteiger partial charge in [-0.05, 0) is 34.7 Å². The molecule has 0 saturated heterocycles. The van der Waals surface area contributed by atoms with E-state index < -0.39 is 11.5 Å². The minimum Gasteiger partial charge on any atom is -0.468 e. The second-order valence-corrected chi connectivity index (χ2v) is 5.58. The number of aromatic nitrogens is 2. The Labute approximate surface area is 124 Å². The van der Waals surface area contributed by atoms with Gasteiger partial charge in [-0.2, -0.15) is 5.10 Å². The highest BCUT2D eigenvalue weighted by molar-refractivity contribution is 9.10. The zero-order chi connectivity index (χ0) is 14.7. The molecule has 0 radical (unpaired) electrons. The average molecular weight is 346 g/mol. The van der Waals surface area contributed by atoms with Crippen molar-refractivity contribution in [2.75, 3.05) is 19.0 Å². The van der Waals surface area contributed by atoms with Gasteiger partial charge in [-0.3, -0.25) is 9.59 Å². The van der Waals surface area contributed by atoms with E-state index in [-0.39, 0.29) is 12.6 Å². The lowest BCUT2D eigenvalue weighted by Crippen LogP contribution is -2.34. The van der Waals surface area contributed by atoms with E-state index in [2.05, 4.69) is 31.1 Å². The second-order valence-electron chi connectivity index (χ2n) is 4.78. The normalized spacial score (nSPS) is 21.1. The molecule has 1 fully saturated rings. The summed E-state index contributed by atoms with van der Waals surface area (Å²) < 4.78 is 5.86. The SMILES string of the molecule is COC(=O)Cn1ncc(NCC2CC(O)C2)c(Br)c1=O. The third-order valence-corrected chi connectivity index (χ3v) is 4.05. The van der Waals surface area contributed by atoms with Crippen LogP contribution in [0.5, 0.6) is 0 Å². The molecule has 7 nitrogen and oxygen atoms in total. The van der Waals surface area contributed by atoms with Gasteiger partial charge in [0, 0.05) is 6.54 Å². The van der Waals surface area contributed by atoms with Crippen LogP contribution in [-0.4, -0.2) is 40.6 Å². The number of hydrogen-bond donors (Lipinski definition) is 2. The monoisotopic (exact) mass is 345 g/mol. The van der Waals surface area contributed by atoms with E-state index in [1.807, 2.05) is 0 Å². The number of ether oxygens (including phenoxy) is 1. The molecule has 2 N–H and O–H groups in total. The first-order chi connectivity index (χ1) is 9.51. The van der Waals surface area contributed by atoms with E-state index in [4.69, 9.17) is 0 Å². The first kappa shape index (κ1) is 15.0. The number of methoxy groups -OCH3 is 1. The number of anilines is 1. The molecule has 1 heterocycles. The van der Waals surface area contributed by atoms with Gasteiger partial charge in [0.05, 0.1) is 25.1 Å². The highest BCUT2D eigenvalue weighted by atomic mass is 79.9. The molecule has 0 aliphatic heterocycles. The Hall–Kier alpha value is -1.41. The molecule has 1 aliphatic rings. The lowest BCUT2D eigenvalue weighted by Gasteiger charge is -2.31. The lowest BCUT2D eigenvalue weighted by atomic mass is 9.82. The molecule has 1 saturated carbocycles. The molecule has 0 unspecified atom stereocenters. The summed E-state index contributed by atoms with van der Waals surface area (Å²) in [5.41, 5.74) is 0.187. The highest BCUT2D eigenvalue weighted by Crippen LogP contribution is 2.28. The maximum atomic E-state index is 12.0. The van der Waals surface area contributed by atoms with Crippen molar-refractivity contribution in [1.29, 1.82) is 0 Å². The minimum atomic E-state index is -0.532. The van der Waals surface area contributed by atoms with Gasteiger partial charge in [0.2, 0.25) is 0 Å². The number of esters is 1. The molecular weight excluding hydrogens is 330 g/mol. The van der Waals surface area contributed by atoms with Crippen LogP contribution in [0.4, 0.5) is 5.69 Å². The molecule has 1 aromatic heterocycles. The van der Waals surface area contributed by atoms with Gasteiger partial charge in [-0.15, -0.1) is 0 Å². The third-order valence-electron chi connectivity index (χ3n) is 3.28. The fraction of sp³-hybridized carbons (Fsp3) is 0.583. The number of carbonyl (C=O) groups excluding carboxylic acids is 1. The van der Waals surface area contributed by atoms with E-state index >= 15 is 0 Å². The number of hydrogen-bond acceptors (Lipinski definition) is 6. The van der Waals surface area contributed by atoms with Crippen LogP contribution in [0, 0.1) is 5.92 Å². The Morgan fingerprint density at radius 1 is 1.65 bits per heavy atom. The number of rotatable bonds is 5. The molecule has 0 aromatic carbocycles. The minimum absolute atomic E-state index is 0.198. The van der Waals surface area contributed by atoms with Gasteiger partial charge in [-0.25, -0.2) is 4.68 Å². The molecule has 0 spiro atoms. The van der Waals surface area contributed by atoms with Crippen LogP contribution in [0.2, 0.25) is 0 Å². The average Bonchev–Trinajstić information content (AvgIpc) is 2.40. The molecule has 2 rings (SSSR count). The van der Waals surface area contributed by atoms with Crippen LogP contribution in [0.3, 0.4) is 0 Å². The molecule has 0 atom stereocenters. The molecule has 0 amide bonds. The summed E-state index contributed by atoms with van der Waals surface area (Å²) in [6.07, 6.45) is 2.84. The van der Waals surface area contributed by atoms with E-state index in [0.717, 1.165) is 17.5 Å². The number of nitrogens with one attached hydrogen (secondary N) is 1. The van der Waals surface area contributed by atoms with Crippen molar-refractivity contribution < 1.29 is 14.6 Å². The van der Waals surface area contributed by atoms with E-state index in [1.165, 1.54) is 13.3 Å². The fourth-order valence-electron chi connectivity index (χ4n) is 2.01. The first-order valence-corrected chi connectivity index (χ1v) is 7.05. The van der Waals surface area contributed by atoms with Gasteiger partial charge in [-0.1, -0.05) is 0 Å². The smallest absolute Gasteiger partial charge is 0.327 e. The highest BCUT2D eigenvalue weighted by Gasteiger charge is 2.26. The molecule has 1 aromatic rings. The number of aliphatic hydroxyl groups is 1. The molecule has 110 valence electrons. The predicted octanol–water partition coefficient (Wildman–Crippen LogP) is 0.362. The van der Waals surface area contributed by atoms with E-state index in [9.17, 15) is 14.7 Å². The third kappa shape index (κ3) is 3.37. The second kappa shape index (κ2) is 6.36. The number of halogens is 1. The van der Waals surface area contributed by atoms with Gasteiger partial charge < -0.3 is 15.2 Å². The number of carbonyl (C=O) groups is 1. The van der Waals surface area contributed by atoms with Crippen LogP contribution in [-0.2, 0) is 16.1 Å². The van der Waals surface area contributed by atoms with Crippen LogP contribution in [0.25, 0.3) is 0 Å². The predicted molar refractivity (Wildman–Crippen MR) is 75.4 cm³/mol. The van der Waals surface area contributed by atoms with Crippen LogP contribution >= 0.6 is 15.9 Å². The summed E-state index contributed by atoms with van der Waals surface area (Å²) in [7, 11) is 1.26. The number of nitrogens with zero attached hydrogens (tertiary/aromatic N) is 2.